The summed E-state index contributed by atoms with van der Waals surface area (Å²) in [6, 6.07) is 20.2. The molecule has 5 aromatic rings. The highest BCUT2D eigenvalue weighted by atomic mass is 16.5. The number of benzene rings is 3. The molecule has 53 heavy (non-hydrogen) atoms. The van der Waals surface area contributed by atoms with Crippen molar-refractivity contribution in [2.45, 2.75) is 76.9 Å². The van der Waals surface area contributed by atoms with Crippen LogP contribution >= 0.6 is 0 Å². The minimum absolute atomic E-state index is 0.0710. The summed E-state index contributed by atoms with van der Waals surface area (Å²) in [5, 5.41) is 30.1. The Morgan fingerprint density at radius 1 is 0.906 bits per heavy atom. The third kappa shape index (κ3) is 7.47. The number of ether oxygens (including phenoxy) is 2. The number of carbonyl (C=O) groups is 2. The van der Waals surface area contributed by atoms with Crippen LogP contribution in [0.15, 0.2) is 83.6 Å². The Labute approximate surface area is 306 Å². The molecular weight excluding hydrogens is 678 g/mol. The Bertz CT molecular complexity index is 2080. The third-order valence-electron chi connectivity index (χ3n) is 9.77. The van der Waals surface area contributed by atoms with Crippen molar-refractivity contribution in [1.82, 2.24) is 30.3 Å². The lowest BCUT2D eigenvalue weighted by molar-refractivity contribution is -0.0413. The van der Waals surface area contributed by atoms with Crippen LogP contribution < -0.4 is 20.1 Å². The molecule has 0 aliphatic carbocycles. The monoisotopic (exact) mass is 719 g/mol. The Kier molecular flexibility index (Phi) is 9.92. The largest absolute Gasteiger partial charge is 0.491 e. The van der Waals surface area contributed by atoms with Crippen molar-refractivity contribution < 1.29 is 33.8 Å². The number of hydrogen-bond donors (Lipinski definition) is 4. The maximum absolute atomic E-state index is 13.3. The molecule has 2 aliphatic heterocycles. The van der Waals surface area contributed by atoms with Crippen LogP contribution in [0.5, 0.6) is 17.2 Å². The van der Waals surface area contributed by atoms with Crippen molar-refractivity contribution in [2.24, 2.45) is 0 Å². The molecule has 4 heterocycles. The van der Waals surface area contributed by atoms with E-state index in [2.05, 4.69) is 56.7 Å². The number of aryl methyl sites for hydroxylation is 1. The molecule has 1 saturated heterocycles. The van der Waals surface area contributed by atoms with Gasteiger partial charge in [0.15, 0.2) is 5.75 Å². The smallest absolute Gasteiger partial charge is 0.262 e. The van der Waals surface area contributed by atoms with Gasteiger partial charge in [-0.15, -0.1) is 0 Å². The summed E-state index contributed by atoms with van der Waals surface area (Å²) in [6.45, 7) is 8.45. The number of aliphatic hydroxyl groups excluding tert-OH is 2. The Hall–Kier alpha value is -5.70. The number of anilines is 1. The van der Waals surface area contributed by atoms with Gasteiger partial charge in [-0.25, -0.2) is 9.97 Å². The van der Waals surface area contributed by atoms with Crippen molar-refractivity contribution in [1.29, 1.82) is 0 Å². The van der Waals surface area contributed by atoms with Gasteiger partial charge in [-0.3, -0.25) is 19.8 Å². The summed E-state index contributed by atoms with van der Waals surface area (Å²) in [7, 11) is 0. The molecule has 14 nitrogen and oxygen atoms in total. The maximum Gasteiger partial charge on any atom is 0.262 e. The second-order valence-electron chi connectivity index (χ2n) is 13.7. The van der Waals surface area contributed by atoms with Gasteiger partial charge < -0.3 is 29.5 Å². The summed E-state index contributed by atoms with van der Waals surface area (Å²) < 4.78 is 17.1. The molecule has 4 atom stereocenters. The first-order chi connectivity index (χ1) is 25.5. The molecule has 1 fully saturated rings. The fourth-order valence-corrected chi connectivity index (χ4v) is 6.58. The van der Waals surface area contributed by atoms with Crippen molar-refractivity contribution in [3.05, 3.63) is 107 Å². The zero-order chi connectivity index (χ0) is 37.3. The Morgan fingerprint density at radius 3 is 2.19 bits per heavy atom. The second-order valence-corrected chi connectivity index (χ2v) is 13.7. The number of fused-ring (bicyclic) bond motifs is 1. The van der Waals surface area contributed by atoms with Crippen LogP contribution in [0.25, 0.3) is 11.6 Å². The normalized spacial score (nSPS) is 19.2. The van der Waals surface area contributed by atoms with Gasteiger partial charge in [0.2, 0.25) is 17.5 Å². The van der Waals surface area contributed by atoms with Crippen molar-refractivity contribution in [3.63, 3.8) is 0 Å². The van der Waals surface area contributed by atoms with Crippen molar-refractivity contribution >= 4 is 17.5 Å². The fourth-order valence-electron chi connectivity index (χ4n) is 6.58. The molecule has 0 radical (unpaired) electrons. The molecule has 2 amide bonds. The topological polar surface area (TPSA) is 185 Å². The Morgan fingerprint density at radius 2 is 1.57 bits per heavy atom. The highest BCUT2D eigenvalue weighted by Crippen LogP contribution is 2.35. The fraction of sp³-hybridized carbons (Fsp3) is 0.333. The summed E-state index contributed by atoms with van der Waals surface area (Å²) in [6.07, 6.45) is 2.44. The van der Waals surface area contributed by atoms with Crippen LogP contribution in [0.2, 0.25) is 0 Å². The minimum Gasteiger partial charge on any atom is -0.491 e. The number of aromatic nitrogens is 4. The molecule has 14 heteroatoms. The van der Waals surface area contributed by atoms with Crippen molar-refractivity contribution in [3.8, 4) is 28.9 Å². The number of amides is 2. The van der Waals surface area contributed by atoms with Crippen LogP contribution in [0.1, 0.15) is 77.8 Å². The second kappa shape index (κ2) is 14.7. The van der Waals surface area contributed by atoms with Crippen molar-refractivity contribution in [2.75, 3.05) is 11.9 Å². The molecule has 3 unspecified atom stereocenters. The van der Waals surface area contributed by atoms with Crippen LogP contribution in [0.3, 0.4) is 0 Å². The van der Waals surface area contributed by atoms with Gasteiger partial charge in [0.25, 0.3) is 11.8 Å². The number of nitrogens with zero attached hydrogens (tertiary/aromatic N) is 5. The van der Waals surface area contributed by atoms with Gasteiger partial charge in [0, 0.05) is 18.0 Å². The minimum atomic E-state index is -1.20. The predicted molar refractivity (Wildman–Crippen MR) is 193 cm³/mol. The van der Waals surface area contributed by atoms with Crippen LogP contribution in [-0.4, -0.2) is 78.2 Å². The summed E-state index contributed by atoms with van der Waals surface area (Å²) in [5.41, 5.74) is 3.19. The average Bonchev–Trinajstić information content (AvgIpc) is 3.70. The molecule has 274 valence electrons. The summed E-state index contributed by atoms with van der Waals surface area (Å²) >= 11 is 0. The highest BCUT2D eigenvalue weighted by Gasteiger charge is 2.44. The van der Waals surface area contributed by atoms with Crippen LogP contribution in [0.4, 0.5) is 5.69 Å². The van der Waals surface area contributed by atoms with Gasteiger partial charge in [0.1, 0.15) is 30.6 Å². The molecule has 3 aromatic carbocycles. The molecular formula is C39H41N7O7. The zero-order valence-corrected chi connectivity index (χ0v) is 29.8. The van der Waals surface area contributed by atoms with E-state index in [4.69, 9.17) is 14.0 Å². The van der Waals surface area contributed by atoms with Crippen LogP contribution in [-0.2, 0) is 5.41 Å². The number of nitrogens with one attached hydrogen (secondary N) is 2. The van der Waals surface area contributed by atoms with E-state index < -0.39 is 30.3 Å². The van der Waals surface area contributed by atoms with Crippen LogP contribution in [0, 0.1) is 6.92 Å². The molecule has 0 spiro atoms. The molecule has 0 bridgehead atoms. The van der Waals surface area contributed by atoms with Gasteiger partial charge in [0.05, 0.1) is 35.6 Å². The van der Waals surface area contributed by atoms with E-state index in [1.807, 2.05) is 43.3 Å². The lowest BCUT2D eigenvalue weighted by atomic mass is 9.78. The number of rotatable bonds is 12. The van der Waals surface area contributed by atoms with E-state index in [9.17, 15) is 19.8 Å². The Balaban J connectivity index is 0.937. The van der Waals surface area contributed by atoms with E-state index in [0.717, 1.165) is 28.2 Å². The third-order valence-corrected chi connectivity index (χ3v) is 9.77. The maximum atomic E-state index is 13.3. The average molecular weight is 720 g/mol. The van der Waals surface area contributed by atoms with Gasteiger partial charge >= 0.3 is 0 Å². The quantitative estimate of drug-likeness (QED) is 0.123. The van der Waals surface area contributed by atoms with E-state index in [0.29, 0.717) is 59.7 Å². The number of hydrogen-bond acceptors (Lipinski definition) is 13. The first-order valence-corrected chi connectivity index (χ1v) is 17.5. The molecule has 7 rings (SSSR count). The SMILES string of the molecule is CC[C@@H](COc1ccc(C(C)(C)c2ccc(Oc3cnc(-c4noc(C)n4)nc3)cc2)cc1)Nc1ccc2c(c1)C(=O)N(C1CCC(O)NC1O)C2=O. The van der Waals surface area contributed by atoms with E-state index in [-0.39, 0.29) is 17.0 Å². The predicted octanol–water partition coefficient (Wildman–Crippen LogP) is 5.21. The number of imide groups is 1. The van der Waals surface area contributed by atoms with E-state index in [1.165, 1.54) is 0 Å². The zero-order valence-electron chi connectivity index (χ0n) is 29.8. The lowest BCUT2D eigenvalue weighted by Crippen LogP contribution is -2.58. The van der Waals surface area contributed by atoms with Gasteiger partial charge in [-0.1, -0.05) is 50.2 Å². The summed E-state index contributed by atoms with van der Waals surface area (Å²) in [5.74, 6) is 2.07. The van der Waals surface area contributed by atoms with Gasteiger partial charge in [-0.2, -0.15) is 4.98 Å². The molecule has 2 aromatic heterocycles. The van der Waals surface area contributed by atoms with E-state index in [1.54, 1.807) is 37.5 Å². The molecule has 2 aliphatic rings. The van der Waals surface area contributed by atoms with E-state index >= 15 is 0 Å². The first-order valence-electron chi connectivity index (χ1n) is 17.5. The number of carbonyl (C=O) groups excluding carboxylic acids is 2. The lowest BCUT2D eigenvalue weighted by Gasteiger charge is -2.36. The number of aliphatic hydroxyl groups is 2. The highest BCUT2D eigenvalue weighted by molar-refractivity contribution is 6.22. The summed E-state index contributed by atoms with van der Waals surface area (Å²) in [4.78, 5) is 40.2. The molecule has 0 saturated carbocycles. The molecule has 4 N–H and O–H groups in total. The van der Waals surface area contributed by atoms with Gasteiger partial charge in [-0.05, 0) is 72.9 Å². The number of piperidine rings is 1. The first kappa shape index (κ1) is 35.7. The standard InChI is InChI=1S/C39H41N7O7/c1-5-25(43-26-10-15-30-31(18-26)38(50)46(37(30)49)32-16-17-33(47)44-36(32)48)21-51-27-11-6-23(7-12-27)39(3,4)24-8-13-28(14-9-24)52-29-19-40-34(41-20-29)35-42-22(2)53-45-35/h6-15,18-20,25,32-33,36,43-44,47-48H,5,16-17,21H2,1-4H3/t25-,32?,33?,36?/m0/s1.